The van der Waals surface area contributed by atoms with Gasteiger partial charge in [0, 0.05) is 22.7 Å². The normalized spacial score (nSPS) is 61.1. The van der Waals surface area contributed by atoms with Crippen LogP contribution in [-0.2, 0) is 0 Å². The third kappa shape index (κ3) is 1.79. The Labute approximate surface area is 154 Å². The quantitative estimate of drug-likeness (QED) is 0.333. The highest BCUT2D eigenvalue weighted by Crippen LogP contribution is 2.68. The van der Waals surface area contributed by atoms with E-state index in [0.717, 1.165) is 5.57 Å². The van der Waals surface area contributed by atoms with Gasteiger partial charge in [0.05, 0.1) is 30.0 Å². The standard InChI is InChI=1S/C20H32O6/c1-9-7-19-8-12(21)20(26)14(13(22)16(24)17(20,2)3)18(4,25)11(19)6-5-10(9)15(19)23/h10-16,21-26H,1,5-8H2,2-4H3/t10-,11+,12+,13+,14+,15+,16+,18-,19+,20+/m0/s1. The summed E-state index contributed by atoms with van der Waals surface area (Å²) < 4.78 is 0. The van der Waals surface area contributed by atoms with Crippen molar-refractivity contribution in [3.63, 3.8) is 0 Å². The van der Waals surface area contributed by atoms with Gasteiger partial charge in [-0.3, -0.25) is 0 Å². The molecular formula is C20H32O6. The van der Waals surface area contributed by atoms with E-state index in [-0.39, 0.29) is 12.3 Å². The van der Waals surface area contributed by atoms with Crippen molar-refractivity contribution in [2.75, 3.05) is 0 Å². The maximum absolute atomic E-state index is 11.7. The molecule has 0 heterocycles. The second-order valence-corrected chi connectivity index (χ2v) is 10.2. The summed E-state index contributed by atoms with van der Waals surface area (Å²) >= 11 is 0. The summed E-state index contributed by atoms with van der Waals surface area (Å²) in [5, 5.41) is 66.9. The molecule has 0 amide bonds. The van der Waals surface area contributed by atoms with E-state index >= 15 is 0 Å². The topological polar surface area (TPSA) is 121 Å². The lowest BCUT2D eigenvalue weighted by atomic mass is 9.57. The zero-order chi connectivity index (χ0) is 19.4. The van der Waals surface area contributed by atoms with Gasteiger partial charge in [-0.25, -0.2) is 0 Å². The molecule has 26 heavy (non-hydrogen) atoms. The van der Waals surface area contributed by atoms with E-state index in [4.69, 9.17) is 0 Å². The Morgan fingerprint density at radius 1 is 0.962 bits per heavy atom. The van der Waals surface area contributed by atoms with Crippen molar-refractivity contribution < 1.29 is 30.6 Å². The van der Waals surface area contributed by atoms with Crippen LogP contribution < -0.4 is 0 Å². The van der Waals surface area contributed by atoms with E-state index in [1.165, 1.54) is 0 Å². The molecular weight excluding hydrogens is 336 g/mol. The molecule has 10 atom stereocenters. The Hall–Kier alpha value is -0.500. The van der Waals surface area contributed by atoms with Crippen molar-refractivity contribution in [1.82, 2.24) is 0 Å². The molecule has 6 heteroatoms. The van der Waals surface area contributed by atoms with Crippen molar-refractivity contribution in [2.45, 2.75) is 82.1 Å². The maximum Gasteiger partial charge on any atom is 0.106 e. The molecule has 6 N–H and O–H groups in total. The fourth-order valence-corrected chi connectivity index (χ4v) is 7.48. The Kier molecular flexibility index (Phi) is 3.70. The third-order valence-electron chi connectivity index (χ3n) is 8.84. The second kappa shape index (κ2) is 5.10. The summed E-state index contributed by atoms with van der Waals surface area (Å²) in [5.41, 5.74) is -4.49. The van der Waals surface area contributed by atoms with Crippen molar-refractivity contribution in [1.29, 1.82) is 0 Å². The minimum Gasteiger partial charge on any atom is -0.392 e. The lowest BCUT2D eigenvalue weighted by Gasteiger charge is -2.51. The highest BCUT2D eigenvalue weighted by atomic mass is 16.4. The van der Waals surface area contributed by atoms with Gasteiger partial charge < -0.3 is 30.6 Å². The SMILES string of the molecule is C=C1C[C@@]23C[C@@H](O)[C@@]4(O)[C@H]([C@@H](O)[C@@H](O)C4(C)C)[C@@](C)(O)[C@H]2CC[C@@H]1[C@H]3O. The number of rotatable bonds is 0. The molecule has 4 aliphatic rings. The van der Waals surface area contributed by atoms with Gasteiger partial charge in [0.15, 0.2) is 0 Å². The van der Waals surface area contributed by atoms with Crippen LogP contribution in [0.5, 0.6) is 0 Å². The Bertz CT molecular complexity index is 644. The molecule has 0 saturated heterocycles. The summed E-state index contributed by atoms with van der Waals surface area (Å²) in [5.74, 6) is -1.58. The molecule has 0 radical (unpaired) electrons. The van der Waals surface area contributed by atoms with E-state index in [2.05, 4.69) is 6.58 Å². The first kappa shape index (κ1) is 18.8. The molecule has 2 bridgehead atoms. The molecule has 0 aromatic rings. The predicted octanol–water partition coefficient (Wildman–Crippen LogP) is -0.0557. The lowest BCUT2D eigenvalue weighted by molar-refractivity contribution is -0.209. The molecule has 4 fully saturated rings. The lowest BCUT2D eigenvalue weighted by Crippen LogP contribution is -2.62. The Balaban J connectivity index is 1.93. The van der Waals surface area contributed by atoms with Crippen LogP contribution in [0.25, 0.3) is 0 Å². The van der Waals surface area contributed by atoms with E-state index in [1.807, 2.05) is 0 Å². The molecule has 4 aliphatic carbocycles. The average Bonchev–Trinajstić information content (AvgIpc) is 2.73. The van der Waals surface area contributed by atoms with Crippen molar-refractivity contribution in [3.05, 3.63) is 12.2 Å². The third-order valence-corrected chi connectivity index (χ3v) is 8.84. The molecule has 6 nitrogen and oxygen atoms in total. The van der Waals surface area contributed by atoms with Crippen LogP contribution in [0.3, 0.4) is 0 Å². The maximum atomic E-state index is 11.7. The fraction of sp³-hybridized carbons (Fsp3) is 0.900. The molecule has 0 aliphatic heterocycles. The first-order valence-electron chi connectivity index (χ1n) is 9.68. The number of aliphatic hydroxyl groups excluding tert-OH is 4. The number of aliphatic hydroxyl groups is 6. The van der Waals surface area contributed by atoms with E-state index in [9.17, 15) is 30.6 Å². The van der Waals surface area contributed by atoms with Gasteiger partial charge in [-0.15, -0.1) is 0 Å². The number of fused-ring (bicyclic) bond motifs is 2. The van der Waals surface area contributed by atoms with Crippen LogP contribution in [0.2, 0.25) is 0 Å². The first-order chi connectivity index (χ1) is 11.8. The van der Waals surface area contributed by atoms with E-state index in [0.29, 0.717) is 19.3 Å². The highest BCUT2D eigenvalue weighted by molar-refractivity contribution is 5.30. The largest absolute Gasteiger partial charge is 0.392 e. The van der Waals surface area contributed by atoms with Gasteiger partial charge in [0.2, 0.25) is 0 Å². The summed E-state index contributed by atoms with van der Waals surface area (Å²) in [7, 11) is 0. The van der Waals surface area contributed by atoms with Crippen LogP contribution in [0.4, 0.5) is 0 Å². The molecule has 0 unspecified atom stereocenters. The van der Waals surface area contributed by atoms with Gasteiger partial charge in [-0.05, 0) is 38.5 Å². The van der Waals surface area contributed by atoms with Crippen LogP contribution in [0.15, 0.2) is 12.2 Å². The van der Waals surface area contributed by atoms with Crippen LogP contribution >= 0.6 is 0 Å². The smallest absolute Gasteiger partial charge is 0.106 e. The van der Waals surface area contributed by atoms with Crippen molar-refractivity contribution in [2.24, 2.45) is 28.6 Å². The van der Waals surface area contributed by atoms with Crippen LogP contribution in [0, 0.1) is 28.6 Å². The number of hydrogen-bond acceptors (Lipinski definition) is 6. The summed E-state index contributed by atoms with van der Waals surface area (Å²) in [6.07, 6.45) is -2.74. The second-order valence-electron chi connectivity index (χ2n) is 10.2. The average molecular weight is 368 g/mol. The van der Waals surface area contributed by atoms with Crippen molar-refractivity contribution in [3.8, 4) is 0 Å². The van der Waals surface area contributed by atoms with Gasteiger partial charge in [0.1, 0.15) is 5.60 Å². The predicted molar refractivity (Wildman–Crippen MR) is 93.9 cm³/mol. The summed E-state index contributed by atoms with van der Waals surface area (Å²) in [6.45, 7) is 8.91. The molecule has 0 aromatic heterocycles. The molecule has 1 spiro atoms. The summed E-state index contributed by atoms with van der Waals surface area (Å²) in [6, 6.07) is 0. The molecule has 4 saturated carbocycles. The zero-order valence-corrected chi connectivity index (χ0v) is 15.8. The fourth-order valence-electron chi connectivity index (χ4n) is 7.48. The van der Waals surface area contributed by atoms with Crippen LogP contribution in [-0.4, -0.2) is 66.3 Å². The Morgan fingerprint density at radius 3 is 2.19 bits per heavy atom. The zero-order valence-electron chi connectivity index (χ0n) is 15.8. The van der Waals surface area contributed by atoms with Gasteiger partial charge >= 0.3 is 0 Å². The molecule has 148 valence electrons. The highest BCUT2D eigenvalue weighted by Gasteiger charge is 2.77. The molecule has 4 rings (SSSR count). The van der Waals surface area contributed by atoms with Gasteiger partial charge in [0.25, 0.3) is 0 Å². The van der Waals surface area contributed by atoms with Gasteiger partial charge in [-0.2, -0.15) is 0 Å². The monoisotopic (exact) mass is 368 g/mol. The molecule has 0 aromatic carbocycles. The first-order valence-corrected chi connectivity index (χ1v) is 9.68. The minimum atomic E-state index is -1.87. The van der Waals surface area contributed by atoms with E-state index < -0.39 is 58.3 Å². The van der Waals surface area contributed by atoms with Crippen LogP contribution in [0.1, 0.15) is 46.5 Å². The van der Waals surface area contributed by atoms with E-state index in [1.54, 1.807) is 20.8 Å². The van der Waals surface area contributed by atoms with Gasteiger partial charge in [-0.1, -0.05) is 26.0 Å². The Morgan fingerprint density at radius 2 is 1.58 bits per heavy atom. The minimum absolute atomic E-state index is 0.0506. The van der Waals surface area contributed by atoms with Crippen molar-refractivity contribution >= 4 is 0 Å². The summed E-state index contributed by atoms with van der Waals surface area (Å²) in [4.78, 5) is 0. The number of hydrogen-bond donors (Lipinski definition) is 6.